The van der Waals surface area contributed by atoms with Gasteiger partial charge in [0, 0.05) is 7.05 Å². The van der Waals surface area contributed by atoms with Crippen LogP contribution in [0.5, 0.6) is 5.88 Å². The lowest BCUT2D eigenvalue weighted by molar-refractivity contribution is 0.0789. The third-order valence-corrected chi connectivity index (χ3v) is 11.6. The number of aromatic nitrogens is 3. The van der Waals surface area contributed by atoms with Crippen molar-refractivity contribution in [3.8, 4) is 5.88 Å². The van der Waals surface area contributed by atoms with E-state index < -0.39 is 7.45 Å². The highest BCUT2D eigenvalue weighted by Gasteiger charge is 2.29. The van der Waals surface area contributed by atoms with Crippen LogP contribution in [0, 0.1) is 0 Å². The summed E-state index contributed by atoms with van der Waals surface area (Å²) < 4.78 is 7.08. The van der Waals surface area contributed by atoms with Gasteiger partial charge in [0.2, 0.25) is 0 Å². The van der Waals surface area contributed by atoms with Gasteiger partial charge in [-0.3, -0.25) is 4.79 Å². The largest absolute Gasteiger partial charge is 0.473 e. The summed E-state index contributed by atoms with van der Waals surface area (Å²) in [7, 11) is 7.15. The maximum Gasteiger partial charge on any atom is 0.278 e. The van der Waals surface area contributed by atoms with Gasteiger partial charge in [0.15, 0.2) is 5.69 Å². The Bertz CT molecular complexity index is 411. The fourth-order valence-corrected chi connectivity index (χ4v) is 4.14. The molecule has 0 saturated heterocycles. The van der Waals surface area contributed by atoms with Crippen LogP contribution in [-0.4, -0.2) is 45.8 Å². The zero-order chi connectivity index (χ0) is 11.7. The normalized spacial score (nSPS) is 18.4. The predicted molar refractivity (Wildman–Crippen MR) is 72.5 cm³/mol. The monoisotopic (exact) mass is 296 g/mol. The molecule has 0 radical (unpaired) electrons. The van der Waals surface area contributed by atoms with Crippen molar-refractivity contribution < 1.29 is 9.53 Å². The van der Waals surface area contributed by atoms with Crippen molar-refractivity contribution in [3.63, 3.8) is 0 Å². The number of nitrogens with zero attached hydrogens (tertiary/aromatic N) is 4. The lowest BCUT2D eigenvalue weighted by atomic mass is 10.4. The van der Waals surface area contributed by atoms with Crippen LogP contribution in [0.15, 0.2) is 0 Å². The second-order valence-corrected chi connectivity index (χ2v) is 12.0. The summed E-state index contributed by atoms with van der Waals surface area (Å²) in [4.78, 5) is 13.7. The van der Waals surface area contributed by atoms with Crippen LogP contribution in [0.3, 0.4) is 0 Å². The topological polar surface area (TPSA) is 60.2 Å². The molecule has 2 heterocycles. The number of ether oxygens (including phenoxy) is 1. The average molecular weight is 296 g/mol. The Kier molecular flexibility index (Phi) is 4.08. The molecule has 0 fully saturated rings. The zero-order valence-electron chi connectivity index (χ0n) is 8.62. The molecular formula is C6H12N4O2P4. The summed E-state index contributed by atoms with van der Waals surface area (Å²) in [6.45, 7) is 1.04. The van der Waals surface area contributed by atoms with Crippen molar-refractivity contribution in [1.29, 1.82) is 0 Å². The van der Waals surface area contributed by atoms with Crippen molar-refractivity contribution in [2.24, 2.45) is 0 Å². The molecule has 10 heteroatoms. The maximum absolute atomic E-state index is 12.1. The molecule has 0 N–H and O–H groups in total. The maximum atomic E-state index is 12.1. The van der Waals surface area contributed by atoms with Crippen molar-refractivity contribution >= 4 is 39.2 Å². The molecule has 1 aliphatic rings. The van der Waals surface area contributed by atoms with Gasteiger partial charge in [0.25, 0.3) is 11.8 Å². The summed E-state index contributed by atoms with van der Waals surface area (Å²) >= 11 is 0. The van der Waals surface area contributed by atoms with E-state index in [1.807, 2.05) is 0 Å². The van der Waals surface area contributed by atoms with Gasteiger partial charge in [-0.05, 0) is 7.96 Å². The molecule has 0 spiro atoms. The van der Waals surface area contributed by atoms with E-state index in [4.69, 9.17) is 4.74 Å². The molecule has 88 valence electrons. The highest BCUT2D eigenvalue weighted by molar-refractivity contribution is 8.60. The molecule has 6 nitrogen and oxygen atoms in total. The Balaban J connectivity index is 2.45. The van der Waals surface area contributed by atoms with Crippen molar-refractivity contribution in [2.45, 2.75) is 0 Å². The predicted octanol–water partition coefficient (Wildman–Crippen LogP) is 1.16. The molecule has 1 aliphatic heterocycles. The molecule has 16 heavy (non-hydrogen) atoms. The molecule has 0 saturated carbocycles. The number of hydrogen-bond donors (Lipinski definition) is 0. The van der Waals surface area contributed by atoms with Crippen molar-refractivity contribution in [3.05, 3.63) is 5.69 Å². The van der Waals surface area contributed by atoms with E-state index in [0.717, 1.165) is 0 Å². The second-order valence-electron chi connectivity index (χ2n) is 3.18. The van der Waals surface area contributed by atoms with Gasteiger partial charge >= 0.3 is 0 Å². The molecule has 4 unspecified atom stereocenters. The Morgan fingerprint density at radius 1 is 1.62 bits per heavy atom. The third-order valence-electron chi connectivity index (χ3n) is 2.17. The van der Waals surface area contributed by atoms with Gasteiger partial charge in [-0.2, -0.15) is 0 Å². The Labute approximate surface area is 101 Å². The Morgan fingerprint density at radius 3 is 3.06 bits per heavy atom. The quantitative estimate of drug-likeness (QED) is 0.768. The molecule has 1 aromatic heterocycles. The van der Waals surface area contributed by atoms with E-state index in [9.17, 15) is 4.79 Å². The highest BCUT2D eigenvalue weighted by atomic mass is 32.6. The summed E-state index contributed by atoms with van der Waals surface area (Å²) in [6, 6.07) is 0. The van der Waals surface area contributed by atoms with Crippen molar-refractivity contribution in [2.75, 3.05) is 20.2 Å². The molecular weight excluding hydrogens is 284 g/mol. The zero-order valence-corrected chi connectivity index (χ0v) is 12.8. The van der Waals surface area contributed by atoms with Gasteiger partial charge in [-0.1, -0.05) is 19.2 Å². The van der Waals surface area contributed by atoms with E-state index in [2.05, 4.69) is 28.2 Å². The third kappa shape index (κ3) is 2.22. The fraction of sp³-hybridized carbons (Fsp3) is 0.500. The number of fused-ring (bicyclic) bond motifs is 1. The van der Waals surface area contributed by atoms with Crippen LogP contribution in [0.1, 0.15) is 10.5 Å². The highest BCUT2D eigenvalue weighted by Crippen LogP contribution is 2.66. The lowest BCUT2D eigenvalue weighted by Crippen LogP contribution is -2.29. The van der Waals surface area contributed by atoms with Gasteiger partial charge in [0.1, 0.15) is 6.61 Å². The fourth-order valence-electron chi connectivity index (χ4n) is 1.30. The van der Waals surface area contributed by atoms with E-state index in [1.54, 1.807) is 16.4 Å². The summed E-state index contributed by atoms with van der Waals surface area (Å²) in [5, 5.41) is 7.90. The standard InChI is InChI=1S/C6H12N4O2P4/c1-9-2-3-12-5-4(6(9)11)10(8-7-5)16(14)15-13/h15H,2-3,13-14H2,1H3. The molecule has 1 amide bonds. The Hall–Kier alpha value is 0.130. The number of amides is 1. The minimum Gasteiger partial charge on any atom is -0.473 e. The van der Waals surface area contributed by atoms with E-state index in [1.165, 1.54) is 0 Å². The van der Waals surface area contributed by atoms with Gasteiger partial charge in [-0.25, -0.2) is 4.45 Å². The number of rotatable bonds is 2. The first-order valence-electron chi connectivity index (χ1n) is 4.50. The van der Waals surface area contributed by atoms with Crippen LogP contribution in [0.2, 0.25) is 0 Å². The number of carbonyl (C=O) groups is 1. The van der Waals surface area contributed by atoms with Crippen LogP contribution in [0.4, 0.5) is 0 Å². The van der Waals surface area contributed by atoms with Gasteiger partial charge < -0.3 is 9.64 Å². The first-order valence-corrected chi connectivity index (χ1v) is 11.1. The minimum atomic E-state index is -0.586. The lowest BCUT2D eigenvalue weighted by Gasteiger charge is -2.15. The van der Waals surface area contributed by atoms with E-state index in [0.29, 0.717) is 32.7 Å². The summed E-state index contributed by atoms with van der Waals surface area (Å²) in [5.74, 6) is 0.281. The van der Waals surface area contributed by atoms with Crippen LogP contribution in [0.25, 0.3) is 0 Å². The summed E-state index contributed by atoms with van der Waals surface area (Å²) in [6.07, 6.45) is 0. The van der Waals surface area contributed by atoms with E-state index >= 15 is 0 Å². The first-order chi connectivity index (χ1) is 7.65. The van der Waals surface area contributed by atoms with Crippen LogP contribution < -0.4 is 4.74 Å². The molecule has 1 aromatic rings. The number of likely N-dealkylation sites (N-methyl/N-ethyl adjacent to an activating group) is 1. The minimum absolute atomic E-state index is 0.0734. The second kappa shape index (κ2) is 5.19. The van der Waals surface area contributed by atoms with Gasteiger partial charge in [-0.15, -0.1) is 8.93 Å². The molecule has 0 aromatic carbocycles. The summed E-state index contributed by atoms with van der Waals surface area (Å²) in [5.41, 5.74) is 0.469. The van der Waals surface area contributed by atoms with Crippen molar-refractivity contribution in [1.82, 2.24) is 19.7 Å². The van der Waals surface area contributed by atoms with Crippen LogP contribution in [-0.2, 0) is 0 Å². The smallest absolute Gasteiger partial charge is 0.278 e. The SMILES string of the molecule is CN1CCOc2nnn(P(P)PP)c2C1=O. The average Bonchev–Trinajstić information content (AvgIpc) is 2.65. The molecule has 0 bridgehead atoms. The first kappa shape index (κ1) is 12.6. The molecule has 4 atom stereocenters. The Morgan fingerprint density at radius 2 is 2.38 bits per heavy atom. The van der Waals surface area contributed by atoms with Gasteiger partial charge in [0.05, 0.1) is 14.0 Å². The van der Waals surface area contributed by atoms with Crippen LogP contribution >= 0.6 is 33.3 Å². The number of carbonyl (C=O) groups excluding carboxylic acids is 1. The molecule has 2 rings (SSSR count). The molecule has 0 aliphatic carbocycles. The number of hydrogen-bond acceptors (Lipinski definition) is 4. The van der Waals surface area contributed by atoms with E-state index in [-0.39, 0.29) is 5.91 Å².